The van der Waals surface area contributed by atoms with Gasteiger partial charge in [0.15, 0.2) is 0 Å². The minimum atomic E-state index is -1.49. The van der Waals surface area contributed by atoms with Crippen molar-refractivity contribution < 1.29 is 10.0 Å². The van der Waals surface area contributed by atoms with Gasteiger partial charge in [-0.3, -0.25) is 4.57 Å². The lowest BCUT2D eigenvalue weighted by Crippen LogP contribution is -2.30. The molecule has 0 aliphatic heterocycles. The van der Waals surface area contributed by atoms with Crippen molar-refractivity contribution in [2.75, 3.05) is 5.32 Å². The van der Waals surface area contributed by atoms with Gasteiger partial charge in [0.05, 0.1) is 11.2 Å². The number of fused-ring (bicyclic) bond motifs is 1. The molecule has 0 aliphatic rings. The van der Waals surface area contributed by atoms with Crippen LogP contribution in [0.4, 0.5) is 5.82 Å². The van der Waals surface area contributed by atoms with E-state index in [2.05, 4.69) is 35.9 Å². The predicted molar refractivity (Wildman–Crippen MR) is 129 cm³/mol. The highest BCUT2D eigenvalue weighted by atomic mass is 16.4. The summed E-state index contributed by atoms with van der Waals surface area (Å²) in [4.78, 5) is 9.66. The first-order chi connectivity index (χ1) is 15.4. The number of benzene rings is 2. The second-order valence-corrected chi connectivity index (χ2v) is 8.28. The number of nitrogens with one attached hydrogen (secondary N) is 1. The maximum absolute atomic E-state index is 9.43. The number of hydrogen-bond donors (Lipinski definition) is 4. The van der Waals surface area contributed by atoms with Crippen molar-refractivity contribution in [3.8, 4) is 5.95 Å². The van der Waals surface area contributed by atoms with Crippen LogP contribution in [0.25, 0.3) is 16.9 Å². The molecule has 0 unspecified atom stereocenters. The quantitative estimate of drug-likeness (QED) is 0.337. The molecule has 2 aromatic carbocycles. The Balaban J connectivity index is 1.73. The third kappa shape index (κ3) is 4.38. The fourth-order valence-electron chi connectivity index (χ4n) is 3.86. The van der Waals surface area contributed by atoms with Crippen molar-refractivity contribution in [3.05, 3.63) is 77.1 Å². The van der Waals surface area contributed by atoms with Crippen molar-refractivity contribution in [1.82, 2.24) is 14.5 Å². The highest BCUT2D eigenvalue weighted by Crippen LogP contribution is 2.27. The van der Waals surface area contributed by atoms with Crippen LogP contribution in [-0.2, 0) is 13.1 Å². The summed E-state index contributed by atoms with van der Waals surface area (Å²) in [5.74, 6) is 1.55. The van der Waals surface area contributed by atoms with Crippen molar-refractivity contribution in [2.24, 2.45) is 5.73 Å². The molecule has 8 heteroatoms. The normalized spacial score (nSPS) is 11.3. The summed E-state index contributed by atoms with van der Waals surface area (Å²) in [6.45, 7) is 7.23. The fourth-order valence-corrected chi connectivity index (χ4v) is 3.86. The molecule has 0 amide bonds. The number of hydrogen-bond acceptors (Lipinski definition) is 6. The summed E-state index contributed by atoms with van der Waals surface area (Å²) < 4.78 is 2.06. The molecule has 0 aliphatic carbocycles. The summed E-state index contributed by atoms with van der Waals surface area (Å²) >= 11 is 0. The van der Waals surface area contributed by atoms with Gasteiger partial charge in [-0.25, -0.2) is 4.98 Å². The average Bonchev–Trinajstić information content (AvgIpc) is 3.13. The van der Waals surface area contributed by atoms with Crippen LogP contribution in [0.3, 0.4) is 0 Å². The lowest BCUT2D eigenvalue weighted by Gasteiger charge is -2.14. The highest BCUT2D eigenvalue weighted by Gasteiger charge is 2.16. The number of rotatable bonds is 7. The largest absolute Gasteiger partial charge is 0.488 e. The standard InChI is InChI=1S/C24H28BN5O2/c1-15(2)21-12-23(27-14-17-6-4-8-19(11-17)25(31)32)29-24(28-21)30-16(3)10-20-18(13-26)7-5-9-22(20)30/h4-12,15,31-32H,13-14,26H2,1-3H3,(H,27,28,29). The van der Waals surface area contributed by atoms with Crippen LogP contribution < -0.4 is 16.5 Å². The molecule has 5 N–H and O–H groups in total. The van der Waals surface area contributed by atoms with E-state index in [0.29, 0.717) is 30.3 Å². The molecule has 0 saturated heterocycles. The average molecular weight is 429 g/mol. The van der Waals surface area contributed by atoms with Crippen LogP contribution >= 0.6 is 0 Å². The van der Waals surface area contributed by atoms with Gasteiger partial charge >= 0.3 is 7.12 Å². The number of nitrogens with zero attached hydrogens (tertiary/aromatic N) is 3. The first-order valence-electron chi connectivity index (χ1n) is 10.8. The zero-order chi connectivity index (χ0) is 22.8. The van der Waals surface area contributed by atoms with E-state index >= 15 is 0 Å². The third-order valence-electron chi connectivity index (χ3n) is 5.59. The van der Waals surface area contributed by atoms with Gasteiger partial charge in [-0.15, -0.1) is 0 Å². The maximum Gasteiger partial charge on any atom is 0.488 e. The second kappa shape index (κ2) is 9.12. The van der Waals surface area contributed by atoms with E-state index in [1.165, 1.54) is 0 Å². The lowest BCUT2D eigenvalue weighted by atomic mass is 9.80. The molecule has 2 heterocycles. The third-order valence-corrected chi connectivity index (χ3v) is 5.59. The molecule has 4 rings (SSSR count). The molecule has 0 radical (unpaired) electrons. The van der Waals surface area contributed by atoms with Crippen LogP contribution in [0, 0.1) is 6.92 Å². The molecule has 0 fully saturated rings. The van der Waals surface area contributed by atoms with Gasteiger partial charge in [0.2, 0.25) is 5.95 Å². The van der Waals surface area contributed by atoms with E-state index in [1.54, 1.807) is 18.2 Å². The molecule has 0 spiro atoms. The molecule has 0 saturated carbocycles. The zero-order valence-electron chi connectivity index (χ0n) is 18.6. The SMILES string of the molecule is Cc1cc2c(CN)cccc2n1-c1nc(NCc2cccc(B(O)O)c2)cc(C(C)C)n1. The Morgan fingerprint density at radius 3 is 2.56 bits per heavy atom. The number of aryl methyl sites for hydroxylation is 1. The molecular weight excluding hydrogens is 401 g/mol. The van der Waals surface area contributed by atoms with Crippen LogP contribution in [-0.4, -0.2) is 31.7 Å². The molecule has 32 heavy (non-hydrogen) atoms. The van der Waals surface area contributed by atoms with E-state index in [1.807, 2.05) is 31.2 Å². The van der Waals surface area contributed by atoms with E-state index < -0.39 is 7.12 Å². The van der Waals surface area contributed by atoms with Crippen molar-refractivity contribution in [1.29, 1.82) is 0 Å². The van der Waals surface area contributed by atoms with Crippen LogP contribution in [0.5, 0.6) is 0 Å². The van der Waals surface area contributed by atoms with Gasteiger partial charge in [-0.2, -0.15) is 4.98 Å². The molecular formula is C24H28BN5O2. The van der Waals surface area contributed by atoms with Gasteiger partial charge in [-0.05, 0) is 41.6 Å². The van der Waals surface area contributed by atoms with Crippen LogP contribution in [0.2, 0.25) is 0 Å². The lowest BCUT2D eigenvalue weighted by molar-refractivity contribution is 0.425. The Kier molecular flexibility index (Phi) is 6.27. The highest BCUT2D eigenvalue weighted by molar-refractivity contribution is 6.58. The maximum atomic E-state index is 9.43. The predicted octanol–water partition coefficient (Wildman–Crippen LogP) is 2.60. The van der Waals surface area contributed by atoms with E-state index in [0.717, 1.165) is 33.4 Å². The monoisotopic (exact) mass is 429 g/mol. The minimum Gasteiger partial charge on any atom is -0.423 e. The fraction of sp³-hybridized carbons (Fsp3) is 0.250. The molecule has 0 atom stereocenters. The zero-order valence-corrected chi connectivity index (χ0v) is 18.6. The van der Waals surface area contributed by atoms with Gasteiger partial charge < -0.3 is 21.1 Å². The first-order valence-corrected chi connectivity index (χ1v) is 10.8. The number of aromatic nitrogens is 3. The Morgan fingerprint density at radius 1 is 1.06 bits per heavy atom. The summed E-state index contributed by atoms with van der Waals surface area (Å²) in [5, 5.41) is 23.3. The first kappa shape index (κ1) is 22.0. The molecule has 2 aromatic heterocycles. The van der Waals surface area contributed by atoms with Gasteiger partial charge in [0.25, 0.3) is 0 Å². The van der Waals surface area contributed by atoms with Gasteiger partial charge in [0, 0.05) is 30.2 Å². The summed E-state index contributed by atoms with van der Waals surface area (Å²) in [5.41, 5.74) is 11.4. The number of anilines is 1. The minimum absolute atomic E-state index is 0.229. The second-order valence-electron chi connectivity index (χ2n) is 8.28. The van der Waals surface area contributed by atoms with Crippen LogP contribution in [0.1, 0.15) is 42.3 Å². The van der Waals surface area contributed by atoms with Gasteiger partial charge in [-0.1, -0.05) is 50.2 Å². The topological polar surface area (TPSA) is 109 Å². The Morgan fingerprint density at radius 2 is 1.84 bits per heavy atom. The Labute approximate surface area is 188 Å². The smallest absolute Gasteiger partial charge is 0.423 e. The van der Waals surface area contributed by atoms with Crippen molar-refractivity contribution in [2.45, 2.75) is 39.8 Å². The Bertz CT molecular complexity index is 1250. The molecule has 0 bridgehead atoms. The number of nitrogens with two attached hydrogens (primary N) is 1. The van der Waals surface area contributed by atoms with Crippen LogP contribution in [0.15, 0.2) is 54.6 Å². The van der Waals surface area contributed by atoms with E-state index in [-0.39, 0.29) is 5.92 Å². The molecule has 4 aromatic rings. The van der Waals surface area contributed by atoms with Gasteiger partial charge in [0.1, 0.15) is 5.82 Å². The van der Waals surface area contributed by atoms with Crippen molar-refractivity contribution in [3.63, 3.8) is 0 Å². The summed E-state index contributed by atoms with van der Waals surface area (Å²) in [6, 6.07) is 17.4. The van der Waals surface area contributed by atoms with E-state index in [4.69, 9.17) is 15.7 Å². The van der Waals surface area contributed by atoms with Crippen molar-refractivity contribution >= 4 is 29.3 Å². The van der Waals surface area contributed by atoms with E-state index in [9.17, 15) is 10.0 Å². The molecule has 7 nitrogen and oxygen atoms in total. The summed E-state index contributed by atoms with van der Waals surface area (Å²) in [7, 11) is -1.49. The summed E-state index contributed by atoms with van der Waals surface area (Å²) in [6.07, 6.45) is 0. The molecule has 164 valence electrons. The Hall–Kier alpha value is -3.20.